The highest BCUT2D eigenvalue weighted by molar-refractivity contribution is 7.51. The Labute approximate surface area is 219 Å². The van der Waals surface area contributed by atoms with Crippen LogP contribution in [-0.2, 0) is 9.13 Å². The summed E-state index contributed by atoms with van der Waals surface area (Å²) in [5.41, 5.74) is 0. The first-order chi connectivity index (χ1) is 18.1. The first kappa shape index (κ1) is 29.3. The van der Waals surface area contributed by atoms with E-state index in [0.717, 1.165) is 0 Å². The molecular weight excluding hydrogens is 542 g/mol. The summed E-state index contributed by atoms with van der Waals surface area (Å²) in [4.78, 5) is 36.0. The number of hydrogen-bond acceptors (Lipinski definition) is 8. The molecule has 12 nitrogen and oxygen atoms in total. The van der Waals surface area contributed by atoms with E-state index in [1.807, 2.05) is 0 Å². The van der Waals surface area contributed by atoms with E-state index in [0.29, 0.717) is 23.0 Å². The third-order valence-electron chi connectivity index (χ3n) is 4.52. The van der Waals surface area contributed by atoms with Gasteiger partial charge >= 0.3 is 15.2 Å². The van der Waals surface area contributed by atoms with Gasteiger partial charge in [0, 0.05) is 0 Å². The second kappa shape index (κ2) is 14.1. The van der Waals surface area contributed by atoms with Crippen LogP contribution in [0.5, 0.6) is 34.5 Å². The molecule has 3 rings (SSSR count). The smallest absolute Gasteiger partial charge is 0.362 e. The van der Waals surface area contributed by atoms with Gasteiger partial charge in [-0.25, -0.2) is 0 Å². The summed E-state index contributed by atoms with van der Waals surface area (Å²) in [7, 11) is -8.66. The molecule has 0 heterocycles. The SMILES string of the molecule is O=P(O)(O)COc1ccccc1OCCOc1ccccc1OCCOc1ccccc1OCP(=O)(O)O. The highest BCUT2D eigenvalue weighted by Crippen LogP contribution is 2.38. The van der Waals surface area contributed by atoms with Crippen LogP contribution in [0.2, 0.25) is 0 Å². The maximum absolute atomic E-state index is 11.1. The molecule has 0 fully saturated rings. The number of rotatable bonds is 16. The monoisotopic (exact) mass is 570 g/mol. The summed E-state index contributed by atoms with van der Waals surface area (Å²) in [6.45, 7) is 0.542. The molecule has 0 atom stereocenters. The minimum Gasteiger partial charge on any atom is -0.486 e. The number of para-hydroxylation sites is 6. The Balaban J connectivity index is 1.46. The van der Waals surface area contributed by atoms with Gasteiger partial charge in [-0.1, -0.05) is 36.4 Å². The first-order valence-electron chi connectivity index (χ1n) is 11.2. The molecule has 0 aromatic heterocycles. The first-order valence-corrected chi connectivity index (χ1v) is 14.8. The molecule has 38 heavy (non-hydrogen) atoms. The Morgan fingerprint density at radius 3 is 0.842 bits per heavy atom. The Morgan fingerprint density at radius 1 is 0.421 bits per heavy atom. The fourth-order valence-corrected chi connectivity index (χ4v) is 3.59. The van der Waals surface area contributed by atoms with Crippen molar-refractivity contribution in [3.05, 3.63) is 72.8 Å². The van der Waals surface area contributed by atoms with E-state index in [1.54, 1.807) is 72.8 Å². The third kappa shape index (κ3) is 10.6. The number of ether oxygens (including phenoxy) is 6. The summed E-state index contributed by atoms with van der Waals surface area (Å²) < 4.78 is 55.2. The molecular formula is C24H28O12P2. The second-order valence-corrected chi connectivity index (χ2v) is 10.8. The lowest BCUT2D eigenvalue weighted by atomic mass is 10.3. The van der Waals surface area contributed by atoms with Crippen LogP contribution in [0.3, 0.4) is 0 Å². The molecule has 3 aromatic carbocycles. The van der Waals surface area contributed by atoms with Gasteiger partial charge in [0.05, 0.1) is 0 Å². The normalized spacial score (nSPS) is 11.5. The molecule has 4 N–H and O–H groups in total. The molecule has 0 radical (unpaired) electrons. The van der Waals surface area contributed by atoms with Crippen LogP contribution in [0, 0.1) is 0 Å². The number of benzene rings is 3. The van der Waals surface area contributed by atoms with E-state index in [4.69, 9.17) is 48.0 Å². The molecule has 0 saturated carbocycles. The molecule has 0 aliphatic heterocycles. The summed E-state index contributed by atoms with van der Waals surface area (Å²) in [6.07, 6.45) is -1.52. The maximum atomic E-state index is 11.1. The van der Waals surface area contributed by atoms with Gasteiger partial charge in [0.25, 0.3) is 0 Å². The lowest BCUT2D eigenvalue weighted by Crippen LogP contribution is -2.12. The lowest BCUT2D eigenvalue weighted by Gasteiger charge is -2.15. The Morgan fingerprint density at radius 2 is 0.632 bits per heavy atom. The van der Waals surface area contributed by atoms with Gasteiger partial charge in [-0.2, -0.15) is 0 Å². The van der Waals surface area contributed by atoms with Crippen LogP contribution in [0.1, 0.15) is 0 Å². The zero-order chi connectivity index (χ0) is 27.4. The average molecular weight is 570 g/mol. The van der Waals surface area contributed by atoms with E-state index in [-0.39, 0.29) is 37.9 Å². The van der Waals surface area contributed by atoms with Gasteiger partial charge in [0.1, 0.15) is 26.4 Å². The van der Waals surface area contributed by atoms with Crippen LogP contribution in [0.15, 0.2) is 72.8 Å². The average Bonchev–Trinajstić information content (AvgIpc) is 2.87. The highest BCUT2D eigenvalue weighted by Gasteiger charge is 2.17. The minimum atomic E-state index is -4.33. The molecule has 206 valence electrons. The van der Waals surface area contributed by atoms with Crippen LogP contribution < -0.4 is 28.4 Å². The molecule has 0 unspecified atom stereocenters. The molecule has 0 aliphatic rings. The van der Waals surface area contributed by atoms with Gasteiger partial charge < -0.3 is 48.0 Å². The molecule has 14 heteroatoms. The molecule has 0 bridgehead atoms. The van der Waals surface area contributed by atoms with Crippen molar-refractivity contribution in [2.75, 3.05) is 39.1 Å². The number of hydrogen-bond donors (Lipinski definition) is 4. The fourth-order valence-electron chi connectivity index (χ4n) is 2.98. The molecule has 3 aromatic rings. The standard InChI is InChI=1S/C24H28O12P2/c25-37(26,27)17-35-23-11-5-3-9-21(23)33-15-13-31-19-7-1-2-8-20(19)32-14-16-34-22-10-4-6-12-24(22)36-18-38(28,29)30/h1-12H,13-18H2,(H2,25,26,27)(H2,28,29,30). The van der Waals surface area contributed by atoms with Crippen molar-refractivity contribution in [2.24, 2.45) is 0 Å². The summed E-state index contributed by atoms with van der Waals surface area (Å²) >= 11 is 0. The Hall–Kier alpha value is -3.24. The minimum absolute atomic E-state index is 0.124. The Kier molecular flexibility index (Phi) is 10.8. The van der Waals surface area contributed by atoms with Crippen molar-refractivity contribution >= 4 is 15.2 Å². The van der Waals surface area contributed by atoms with Crippen molar-refractivity contribution in [1.82, 2.24) is 0 Å². The second-order valence-electron chi connectivity index (χ2n) is 7.61. The van der Waals surface area contributed by atoms with E-state index in [1.165, 1.54) is 0 Å². The predicted octanol–water partition coefficient (Wildman–Crippen LogP) is 3.63. The summed E-state index contributed by atoms with van der Waals surface area (Å²) in [5, 5.41) is 0. The zero-order valence-electron chi connectivity index (χ0n) is 20.1. The largest absolute Gasteiger partial charge is 0.486 e. The maximum Gasteiger partial charge on any atom is 0.362 e. The van der Waals surface area contributed by atoms with Crippen LogP contribution in [-0.4, -0.2) is 58.7 Å². The van der Waals surface area contributed by atoms with E-state index in [2.05, 4.69) is 0 Å². The fraction of sp³-hybridized carbons (Fsp3) is 0.250. The van der Waals surface area contributed by atoms with E-state index >= 15 is 0 Å². The van der Waals surface area contributed by atoms with Gasteiger partial charge in [-0.15, -0.1) is 0 Å². The van der Waals surface area contributed by atoms with Crippen molar-refractivity contribution in [2.45, 2.75) is 0 Å². The van der Waals surface area contributed by atoms with Gasteiger partial charge in [-0.05, 0) is 36.4 Å². The summed E-state index contributed by atoms with van der Waals surface area (Å²) in [5.74, 6) is 1.97. The van der Waals surface area contributed by atoms with E-state index in [9.17, 15) is 9.13 Å². The molecule has 0 aliphatic carbocycles. The zero-order valence-corrected chi connectivity index (χ0v) is 21.9. The van der Waals surface area contributed by atoms with Gasteiger partial charge in [0.15, 0.2) is 47.2 Å². The van der Waals surface area contributed by atoms with Crippen LogP contribution in [0.25, 0.3) is 0 Å². The molecule has 0 spiro atoms. The molecule has 0 amide bonds. The lowest BCUT2D eigenvalue weighted by molar-refractivity contribution is 0.186. The van der Waals surface area contributed by atoms with Crippen LogP contribution >= 0.6 is 15.2 Å². The third-order valence-corrected chi connectivity index (χ3v) is 5.45. The predicted molar refractivity (Wildman–Crippen MR) is 136 cm³/mol. The van der Waals surface area contributed by atoms with Gasteiger partial charge in [-0.3, -0.25) is 9.13 Å². The topological polar surface area (TPSA) is 170 Å². The highest BCUT2D eigenvalue weighted by atomic mass is 31.2. The van der Waals surface area contributed by atoms with Crippen molar-refractivity contribution in [3.63, 3.8) is 0 Å². The van der Waals surface area contributed by atoms with Crippen molar-refractivity contribution in [3.8, 4) is 34.5 Å². The molecule has 0 saturated heterocycles. The van der Waals surface area contributed by atoms with Crippen molar-refractivity contribution < 1.29 is 57.1 Å². The Bertz CT molecular complexity index is 1160. The van der Waals surface area contributed by atoms with Crippen molar-refractivity contribution in [1.29, 1.82) is 0 Å². The summed E-state index contributed by atoms with van der Waals surface area (Å²) in [6, 6.07) is 20.0. The quantitative estimate of drug-likeness (QED) is 0.146. The van der Waals surface area contributed by atoms with Gasteiger partial charge in [0.2, 0.25) is 0 Å². The van der Waals surface area contributed by atoms with E-state index < -0.39 is 27.9 Å². The van der Waals surface area contributed by atoms with Crippen LogP contribution in [0.4, 0.5) is 0 Å².